The molecule has 10 aromatic rings. The molecular formula is C54H61Cl5N12O6. The molecule has 408 valence electrons. The predicted octanol–water partition coefficient (Wildman–Crippen LogP) is 9.08. The maximum atomic E-state index is 11.9. The molecule has 77 heavy (non-hydrogen) atoms. The zero-order valence-corrected chi connectivity index (χ0v) is 46.5. The van der Waals surface area contributed by atoms with E-state index in [-0.39, 0.29) is 42.9 Å². The van der Waals surface area contributed by atoms with Crippen molar-refractivity contribution in [3.05, 3.63) is 146 Å². The van der Waals surface area contributed by atoms with Crippen LogP contribution in [0.4, 0.5) is 11.4 Å². The lowest BCUT2D eigenvalue weighted by Crippen LogP contribution is -2.46. The van der Waals surface area contributed by atoms with Crippen molar-refractivity contribution < 1.29 is 18.7 Å². The number of oxazole rings is 2. The lowest BCUT2D eigenvalue weighted by molar-refractivity contribution is -0.108. The number of carbonyl (C=O) groups is 1. The zero-order chi connectivity index (χ0) is 52.4. The first kappa shape index (κ1) is 58.3. The molecule has 0 atom stereocenters. The van der Waals surface area contributed by atoms with Gasteiger partial charge in [-0.15, -0.1) is 24.8 Å². The van der Waals surface area contributed by atoms with Crippen molar-refractivity contribution in [3.63, 3.8) is 0 Å². The van der Waals surface area contributed by atoms with E-state index in [1.54, 1.807) is 34.1 Å². The second-order valence-corrected chi connectivity index (χ2v) is 19.6. The fourth-order valence-corrected chi connectivity index (χ4v) is 9.89. The average Bonchev–Trinajstić information content (AvgIpc) is 4.26. The highest BCUT2D eigenvalue weighted by Gasteiger charge is 2.22. The topological polar surface area (TPSA) is 183 Å². The summed E-state index contributed by atoms with van der Waals surface area (Å²) in [5, 5.41) is 30.3. The highest BCUT2D eigenvalue weighted by Crippen LogP contribution is 2.28. The first-order valence-electron chi connectivity index (χ1n) is 25.0. The first-order valence-corrected chi connectivity index (χ1v) is 26.1. The second kappa shape index (κ2) is 27.3. The number of nitrogens with zero attached hydrogens (tertiary/aromatic N) is 11. The Morgan fingerprint density at radius 1 is 0.558 bits per heavy atom. The van der Waals surface area contributed by atoms with E-state index in [9.17, 15) is 14.4 Å². The summed E-state index contributed by atoms with van der Waals surface area (Å²) < 4.78 is 19.6. The largest absolute Gasteiger partial charge is 0.419 e. The molecule has 0 bridgehead atoms. The molecule has 5 aromatic heterocycles. The van der Waals surface area contributed by atoms with Crippen LogP contribution in [0.3, 0.4) is 0 Å². The summed E-state index contributed by atoms with van der Waals surface area (Å²) in [4.78, 5) is 40.7. The Bertz CT molecular complexity index is 3660. The van der Waals surface area contributed by atoms with Gasteiger partial charge in [0.25, 0.3) is 0 Å². The number of hydrogen-bond acceptors (Lipinski definition) is 13. The van der Waals surface area contributed by atoms with Crippen molar-refractivity contribution in [1.82, 2.24) is 48.7 Å². The number of para-hydroxylation sites is 2. The van der Waals surface area contributed by atoms with Crippen LogP contribution in [-0.4, -0.2) is 120 Å². The van der Waals surface area contributed by atoms with Crippen molar-refractivity contribution in [2.24, 2.45) is 14.1 Å². The molecule has 7 heterocycles. The Morgan fingerprint density at radius 3 is 1.43 bits per heavy atom. The summed E-state index contributed by atoms with van der Waals surface area (Å²) in [6, 6.07) is 29.0. The summed E-state index contributed by atoms with van der Waals surface area (Å²) >= 11 is 17.9. The molecule has 12 rings (SSSR count). The number of rotatable bonds is 12. The van der Waals surface area contributed by atoms with Gasteiger partial charge >= 0.3 is 11.5 Å². The molecular weight excluding hydrogens is 1090 g/mol. The van der Waals surface area contributed by atoms with Crippen LogP contribution in [-0.2, 0) is 38.5 Å². The number of fused-ring (bicyclic) bond motifs is 5. The number of anilines is 2. The quantitative estimate of drug-likeness (QED) is 0.111. The van der Waals surface area contributed by atoms with E-state index >= 15 is 0 Å². The van der Waals surface area contributed by atoms with Crippen LogP contribution in [0.25, 0.3) is 54.9 Å². The van der Waals surface area contributed by atoms with Gasteiger partial charge in [-0.3, -0.25) is 28.1 Å². The summed E-state index contributed by atoms with van der Waals surface area (Å²) in [6.07, 6.45) is 8.59. The van der Waals surface area contributed by atoms with Crippen molar-refractivity contribution in [2.75, 3.05) is 75.3 Å². The number of aromatic nitrogens is 8. The van der Waals surface area contributed by atoms with E-state index in [0.717, 1.165) is 145 Å². The third kappa shape index (κ3) is 13.9. The van der Waals surface area contributed by atoms with Crippen LogP contribution in [0, 0.1) is 0 Å². The minimum atomic E-state index is -0.316. The summed E-state index contributed by atoms with van der Waals surface area (Å²) in [5.74, 6) is -0.619. The predicted molar refractivity (Wildman–Crippen MR) is 312 cm³/mol. The van der Waals surface area contributed by atoms with E-state index in [4.69, 9.17) is 48.7 Å². The van der Waals surface area contributed by atoms with E-state index in [0.29, 0.717) is 40.6 Å². The maximum absolute atomic E-state index is 11.9. The molecule has 2 aliphatic heterocycles. The van der Waals surface area contributed by atoms with Crippen molar-refractivity contribution in [3.8, 4) is 0 Å². The summed E-state index contributed by atoms with van der Waals surface area (Å²) in [5.41, 5.74) is 8.17. The van der Waals surface area contributed by atoms with Gasteiger partial charge < -0.3 is 33.9 Å². The number of aliphatic hydroxyl groups excluding tert-OH is 1. The van der Waals surface area contributed by atoms with Gasteiger partial charge in [-0.2, -0.15) is 15.3 Å². The molecule has 0 saturated carbocycles. The third-order valence-electron chi connectivity index (χ3n) is 13.4. The van der Waals surface area contributed by atoms with Gasteiger partial charge in [0.1, 0.15) is 6.29 Å². The van der Waals surface area contributed by atoms with E-state index in [1.165, 1.54) is 0 Å². The Morgan fingerprint density at radius 2 is 0.987 bits per heavy atom. The molecule has 0 aliphatic carbocycles. The number of benzene rings is 5. The molecule has 18 nitrogen and oxygen atoms in total. The number of aryl methyl sites for hydroxylation is 5. The molecule has 2 N–H and O–H groups in total. The molecule has 2 aliphatic rings. The standard InChI is InChI=1S/C22H24ClN5O2.C12H15N3O2.C10H11ClN2O.C10H9ClN2O.2ClH/c1-25-18-4-2-5-19(21(18)30-22(25)29)27-12-10-26(11-13-27)8-3-9-28-20-14-17(23)7-6-16(20)15-24-28;1-14-9-3-2-4-10(11(9)17-12(14)16)15-7-5-13-6-8-15;2*11-9-3-2-8-7-12-13(4-1-5-14)10(8)6-9;;/h2,4-7,14-15H,3,8-13H2,1H3;2-4,13H,5-8H2,1H3;2-3,6-7,14H,1,4-5H2;2-3,5-7H,1,4H2;2*1H. The average molecular weight is 1150 g/mol. The number of carbonyl (C=O) groups excluding carboxylic acids is 1. The van der Waals surface area contributed by atoms with E-state index in [1.807, 2.05) is 113 Å². The smallest absolute Gasteiger partial charge is 0.405 e. The molecule has 2 saturated heterocycles. The van der Waals surface area contributed by atoms with Crippen LogP contribution in [0.15, 0.2) is 128 Å². The van der Waals surface area contributed by atoms with Crippen molar-refractivity contribution in [2.45, 2.75) is 38.9 Å². The SMILES string of the molecule is Cl.Cl.Cn1c(=O)oc2c(N3CCN(CCCn4ncc5ccc(Cl)cc54)CC3)cccc21.Cn1c(=O)oc2c(N3CCNCC3)cccc21.O=CCCn1ncc2ccc(Cl)cc21.OCCCn1ncc2ccc(Cl)cc21. The minimum Gasteiger partial charge on any atom is -0.405 e. The molecule has 5 aromatic carbocycles. The highest BCUT2D eigenvalue weighted by molar-refractivity contribution is 6.32. The minimum absolute atomic E-state index is 0. The van der Waals surface area contributed by atoms with Crippen LogP contribution >= 0.6 is 59.6 Å². The Kier molecular flexibility index (Phi) is 20.7. The molecule has 0 unspecified atom stereocenters. The summed E-state index contributed by atoms with van der Waals surface area (Å²) in [6.45, 7) is 11.0. The lowest BCUT2D eigenvalue weighted by Gasteiger charge is -2.36. The Balaban J connectivity index is 0.000000157. The number of piperazine rings is 2. The molecule has 0 amide bonds. The van der Waals surface area contributed by atoms with Crippen LogP contribution in [0.2, 0.25) is 15.1 Å². The number of hydrogen-bond donors (Lipinski definition) is 2. The second-order valence-electron chi connectivity index (χ2n) is 18.3. The monoisotopic (exact) mass is 1150 g/mol. The first-order chi connectivity index (χ1) is 36.5. The highest BCUT2D eigenvalue weighted by atomic mass is 35.5. The zero-order valence-electron chi connectivity index (χ0n) is 42.6. The maximum Gasteiger partial charge on any atom is 0.419 e. The molecule has 0 spiro atoms. The molecule has 2 fully saturated rings. The summed E-state index contributed by atoms with van der Waals surface area (Å²) in [7, 11) is 3.47. The Hall–Kier alpha value is -6.35. The molecule has 23 heteroatoms. The van der Waals surface area contributed by atoms with E-state index < -0.39 is 0 Å². The van der Waals surface area contributed by atoms with Crippen LogP contribution < -0.4 is 26.6 Å². The van der Waals surface area contributed by atoms with Gasteiger partial charge in [-0.1, -0.05) is 46.9 Å². The van der Waals surface area contributed by atoms with Gasteiger partial charge in [0.05, 0.1) is 57.5 Å². The van der Waals surface area contributed by atoms with Gasteiger partial charge in [-0.25, -0.2) is 9.59 Å². The van der Waals surface area contributed by atoms with Crippen molar-refractivity contribution >= 4 is 132 Å². The van der Waals surface area contributed by atoms with Gasteiger partial charge in [0, 0.05) is 137 Å². The fraction of sp³-hybridized carbons (Fsp3) is 0.333. The number of halogens is 5. The fourth-order valence-electron chi connectivity index (χ4n) is 9.39. The number of nitrogens with one attached hydrogen (secondary N) is 1. The normalized spacial score (nSPS) is 13.6. The Labute approximate surface area is 471 Å². The van der Waals surface area contributed by atoms with Gasteiger partial charge in [0.2, 0.25) is 0 Å². The van der Waals surface area contributed by atoms with E-state index in [2.05, 4.69) is 35.3 Å². The number of aliphatic hydroxyl groups is 1. The number of aldehydes is 1. The van der Waals surface area contributed by atoms with Gasteiger partial charge in [-0.05, 0) is 91.7 Å². The third-order valence-corrected chi connectivity index (χ3v) is 14.1. The molecule has 0 radical (unpaired) electrons. The van der Waals surface area contributed by atoms with Gasteiger partial charge in [0.15, 0.2) is 11.2 Å². The van der Waals surface area contributed by atoms with Crippen LogP contribution in [0.1, 0.15) is 19.3 Å². The van der Waals surface area contributed by atoms with Crippen LogP contribution in [0.5, 0.6) is 0 Å². The lowest BCUT2D eigenvalue weighted by atomic mass is 10.2. The van der Waals surface area contributed by atoms with Crippen molar-refractivity contribution in [1.29, 1.82) is 0 Å².